The van der Waals surface area contributed by atoms with Gasteiger partial charge < -0.3 is 10.4 Å². The molecule has 2 N–H and O–H groups in total. The highest BCUT2D eigenvalue weighted by Gasteiger charge is 2.04. The molecule has 0 heterocycles. The number of benzene rings is 1. The molecular weight excluding hydrogens is 210 g/mol. The van der Waals surface area contributed by atoms with Crippen LogP contribution in [0.1, 0.15) is 25.3 Å². The number of aliphatic hydroxyl groups is 1. The minimum atomic E-state index is 0.256. The van der Waals surface area contributed by atoms with Gasteiger partial charge in [0, 0.05) is 23.4 Å². The molecule has 0 bridgehead atoms. The van der Waals surface area contributed by atoms with Gasteiger partial charge >= 0.3 is 0 Å². The molecule has 1 rings (SSSR count). The lowest BCUT2D eigenvalue weighted by atomic mass is 10.1. The topological polar surface area (TPSA) is 32.3 Å². The second-order valence-electron chi connectivity index (χ2n) is 3.87. The van der Waals surface area contributed by atoms with Crippen molar-refractivity contribution in [1.29, 1.82) is 0 Å². The smallest absolute Gasteiger partial charge is 0.0431 e. The molecule has 0 spiro atoms. The molecule has 84 valence electrons. The predicted molar refractivity (Wildman–Crippen MR) is 65.6 cm³/mol. The van der Waals surface area contributed by atoms with Gasteiger partial charge in [0.25, 0.3) is 0 Å². The second kappa shape index (κ2) is 5.99. The zero-order valence-corrected chi connectivity index (χ0v) is 10.0. The van der Waals surface area contributed by atoms with Gasteiger partial charge in [0.15, 0.2) is 0 Å². The Balaban J connectivity index is 2.56. The molecule has 2 nitrogen and oxygen atoms in total. The first-order valence-corrected chi connectivity index (χ1v) is 5.65. The van der Waals surface area contributed by atoms with Crippen LogP contribution >= 0.6 is 11.6 Å². The number of anilines is 1. The number of hydrogen-bond acceptors (Lipinski definition) is 2. The molecule has 0 saturated heterocycles. The molecule has 0 fully saturated rings. The lowest BCUT2D eigenvalue weighted by Crippen LogP contribution is -2.16. The predicted octanol–water partition coefficient (Wildman–Crippen LogP) is 3.22. The van der Waals surface area contributed by atoms with Gasteiger partial charge in [-0.25, -0.2) is 0 Å². The highest BCUT2D eigenvalue weighted by Crippen LogP contribution is 2.20. The van der Waals surface area contributed by atoms with Crippen molar-refractivity contribution in [3.8, 4) is 0 Å². The first kappa shape index (κ1) is 12.3. The Labute approximate surface area is 96.3 Å². The molecule has 1 unspecified atom stereocenters. The molecule has 1 atom stereocenters. The maximum absolute atomic E-state index is 8.73. The van der Waals surface area contributed by atoms with E-state index in [1.807, 2.05) is 25.1 Å². The van der Waals surface area contributed by atoms with Crippen LogP contribution in [0.3, 0.4) is 0 Å². The Bertz CT molecular complexity index is 314. The van der Waals surface area contributed by atoms with E-state index < -0.39 is 0 Å². The molecule has 15 heavy (non-hydrogen) atoms. The monoisotopic (exact) mass is 227 g/mol. The SMILES string of the molecule is Cc1cc(Cl)ccc1NC(C)CCCO. The first-order valence-electron chi connectivity index (χ1n) is 5.27. The molecule has 0 aliphatic rings. The van der Waals surface area contributed by atoms with E-state index in [0.29, 0.717) is 6.04 Å². The van der Waals surface area contributed by atoms with Gasteiger partial charge in [0.2, 0.25) is 0 Å². The number of aryl methyl sites for hydroxylation is 1. The van der Waals surface area contributed by atoms with Crippen molar-refractivity contribution in [1.82, 2.24) is 0 Å². The van der Waals surface area contributed by atoms with E-state index >= 15 is 0 Å². The van der Waals surface area contributed by atoms with Crippen molar-refractivity contribution in [2.75, 3.05) is 11.9 Å². The summed E-state index contributed by atoms with van der Waals surface area (Å²) in [7, 11) is 0. The molecule has 1 aromatic rings. The highest BCUT2D eigenvalue weighted by atomic mass is 35.5. The summed E-state index contributed by atoms with van der Waals surface area (Å²) in [5, 5.41) is 12.9. The number of rotatable bonds is 5. The molecule has 0 aliphatic heterocycles. The van der Waals surface area contributed by atoms with Crippen molar-refractivity contribution < 1.29 is 5.11 Å². The average molecular weight is 228 g/mol. The molecule has 1 aromatic carbocycles. The average Bonchev–Trinajstić information content (AvgIpc) is 2.19. The molecule has 0 aliphatic carbocycles. The summed E-state index contributed by atoms with van der Waals surface area (Å²) in [5.74, 6) is 0. The Morgan fingerprint density at radius 3 is 2.80 bits per heavy atom. The van der Waals surface area contributed by atoms with Crippen LogP contribution in [0.15, 0.2) is 18.2 Å². The molecule has 0 amide bonds. The summed E-state index contributed by atoms with van der Waals surface area (Å²) < 4.78 is 0. The third kappa shape index (κ3) is 4.10. The van der Waals surface area contributed by atoms with Crippen LogP contribution in [-0.4, -0.2) is 17.8 Å². The van der Waals surface area contributed by atoms with Gasteiger partial charge in [0.1, 0.15) is 0 Å². The Hall–Kier alpha value is -0.730. The molecular formula is C12H18ClNO. The van der Waals surface area contributed by atoms with E-state index in [4.69, 9.17) is 16.7 Å². The maximum atomic E-state index is 8.73. The summed E-state index contributed by atoms with van der Waals surface area (Å²) in [6.45, 7) is 4.41. The van der Waals surface area contributed by atoms with Crippen LogP contribution in [0.25, 0.3) is 0 Å². The van der Waals surface area contributed by atoms with E-state index in [2.05, 4.69) is 12.2 Å². The standard InChI is InChI=1S/C12H18ClNO/c1-9-8-11(13)5-6-12(9)14-10(2)4-3-7-15/h5-6,8,10,14-15H,3-4,7H2,1-2H3. The second-order valence-corrected chi connectivity index (χ2v) is 4.31. The van der Waals surface area contributed by atoms with E-state index in [1.54, 1.807) is 0 Å². The first-order chi connectivity index (χ1) is 7.13. The lowest BCUT2D eigenvalue weighted by Gasteiger charge is -2.16. The normalized spacial score (nSPS) is 12.5. The molecule has 0 aromatic heterocycles. The minimum absolute atomic E-state index is 0.256. The Kier molecular flexibility index (Phi) is 4.92. The van der Waals surface area contributed by atoms with Crippen molar-refractivity contribution in [3.05, 3.63) is 28.8 Å². The Morgan fingerprint density at radius 1 is 1.47 bits per heavy atom. The highest BCUT2D eigenvalue weighted by molar-refractivity contribution is 6.30. The minimum Gasteiger partial charge on any atom is -0.396 e. The van der Waals surface area contributed by atoms with E-state index in [0.717, 1.165) is 29.1 Å². The maximum Gasteiger partial charge on any atom is 0.0431 e. The van der Waals surface area contributed by atoms with Crippen LogP contribution in [0.2, 0.25) is 5.02 Å². The van der Waals surface area contributed by atoms with E-state index in [9.17, 15) is 0 Å². The quantitative estimate of drug-likeness (QED) is 0.810. The summed E-state index contributed by atoms with van der Waals surface area (Å²) >= 11 is 5.88. The fourth-order valence-electron chi connectivity index (χ4n) is 1.52. The van der Waals surface area contributed by atoms with Crippen LogP contribution in [-0.2, 0) is 0 Å². The van der Waals surface area contributed by atoms with Gasteiger partial charge in [-0.1, -0.05) is 11.6 Å². The van der Waals surface area contributed by atoms with Crippen LogP contribution in [0, 0.1) is 6.92 Å². The zero-order chi connectivity index (χ0) is 11.3. The fraction of sp³-hybridized carbons (Fsp3) is 0.500. The third-order valence-electron chi connectivity index (χ3n) is 2.39. The van der Waals surface area contributed by atoms with Gasteiger partial charge in [-0.2, -0.15) is 0 Å². The fourth-order valence-corrected chi connectivity index (χ4v) is 1.75. The molecule has 0 radical (unpaired) electrons. The molecule has 3 heteroatoms. The largest absolute Gasteiger partial charge is 0.396 e. The van der Waals surface area contributed by atoms with Crippen molar-refractivity contribution in [3.63, 3.8) is 0 Å². The summed E-state index contributed by atoms with van der Waals surface area (Å²) in [4.78, 5) is 0. The van der Waals surface area contributed by atoms with Gasteiger partial charge in [-0.3, -0.25) is 0 Å². The lowest BCUT2D eigenvalue weighted by molar-refractivity contribution is 0.282. The summed E-state index contributed by atoms with van der Waals surface area (Å²) in [6.07, 6.45) is 1.80. The van der Waals surface area contributed by atoms with E-state index in [-0.39, 0.29) is 6.61 Å². The number of aliphatic hydroxyl groups excluding tert-OH is 1. The van der Waals surface area contributed by atoms with E-state index in [1.165, 1.54) is 0 Å². The van der Waals surface area contributed by atoms with Crippen molar-refractivity contribution >= 4 is 17.3 Å². The van der Waals surface area contributed by atoms with Gasteiger partial charge in [-0.05, 0) is 50.5 Å². The number of halogens is 1. The third-order valence-corrected chi connectivity index (χ3v) is 2.62. The van der Waals surface area contributed by atoms with Crippen LogP contribution in [0.5, 0.6) is 0 Å². The zero-order valence-electron chi connectivity index (χ0n) is 9.26. The molecule has 0 saturated carbocycles. The Morgan fingerprint density at radius 2 is 2.20 bits per heavy atom. The number of hydrogen-bond donors (Lipinski definition) is 2. The summed E-state index contributed by atoms with van der Waals surface area (Å²) in [5.41, 5.74) is 2.27. The number of nitrogens with one attached hydrogen (secondary N) is 1. The summed E-state index contributed by atoms with van der Waals surface area (Å²) in [6, 6.07) is 6.20. The van der Waals surface area contributed by atoms with Crippen LogP contribution < -0.4 is 5.32 Å². The van der Waals surface area contributed by atoms with Crippen molar-refractivity contribution in [2.45, 2.75) is 32.7 Å². The van der Waals surface area contributed by atoms with Gasteiger partial charge in [-0.15, -0.1) is 0 Å². The van der Waals surface area contributed by atoms with Gasteiger partial charge in [0.05, 0.1) is 0 Å². The van der Waals surface area contributed by atoms with Crippen LogP contribution in [0.4, 0.5) is 5.69 Å². The van der Waals surface area contributed by atoms with Crippen molar-refractivity contribution in [2.24, 2.45) is 0 Å².